The van der Waals surface area contributed by atoms with Crippen molar-refractivity contribution in [2.75, 3.05) is 25.6 Å². The van der Waals surface area contributed by atoms with Gasteiger partial charge >= 0.3 is 5.97 Å². The molecule has 0 heterocycles. The Labute approximate surface area is 207 Å². The van der Waals surface area contributed by atoms with Gasteiger partial charge in [0.2, 0.25) is 0 Å². The lowest BCUT2D eigenvalue weighted by Crippen LogP contribution is -2.44. The van der Waals surface area contributed by atoms with Crippen molar-refractivity contribution in [2.45, 2.75) is 24.3 Å². The number of methoxy groups -OCH3 is 3. The number of ether oxygens (including phenoxy) is 3. The summed E-state index contributed by atoms with van der Waals surface area (Å²) in [6.45, 7) is 1.18. The molecule has 0 radical (unpaired) electrons. The maximum Gasteiger partial charge on any atom is 0.327 e. The summed E-state index contributed by atoms with van der Waals surface area (Å²) in [5.74, 6) is -2.74. The van der Waals surface area contributed by atoms with Crippen LogP contribution in [-0.2, 0) is 21.2 Å². The predicted octanol–water partition coefficient (Wildman–Crippen LogP) is 4.25. The van der Waals surface area contributed by atoms with Crippen LogP contribution in [0.1, 0.15) is 18.1 Å². The Morgan fingerprint density at radius 2 is 1.50 bits per heavy atom. The average Bonchev–Trinajstić information content (AvgIpc) is 2.86. The molecular formula is C25H25F2NO7S. The number of benzene rings is 3. The molecule has 0 spiro atoms. The zero-order valence-corrected chi connectivity index (χ0v) is 20.8. The van der Waals surface area contributed by atoms with Crippen molar-refractivity contribution >= 4 is 21.7 Å². The van der Waals surface area contributed by atoms with Crippen LogP contribution in [0.5, 0.6) is 17.2 Å². The standard InChI is InChI=1S/C25H25F2NO7S/c1-15(25(29)30)28(36(31,32)17-11-12-21(33-2)23(14-17)35-4)24-16(7-5-10-22(24)34-3)13-18-19(26)8-6-9-20(18)27/h5-12,14-15H,13H2,1-4H3,(H,29,30). The van der Waals surface area contributed by atoms with E-state index in [0.717, 1.165) is 12.1 Å². The summed E-state index contributed by atoms with van der Waals surface area (Å²) in [4.78, 5) is 11.8. The number of rotatable bonds is 10. The smallest absolute Gasteiger partial charge is 0.327 e. The fourth-order valence-corrected chi connectivity index (χ4v) is 5.41. The largest absolute Gasteiger partial charge is 0.495 e. The number of aliphatic carboxylic acids is 1. The van der Waals surface area contributed by atoms with E-state index in [1.807, 2.05) is 0 Å². The van der Waals surface area contributed by atoms with E-state index < -0.39 is 33.7 Å². The van der Waals surface area contributed by atoms with Crippen molar-refractivity contribution in [3.8, 4) is 17.2 Å². The summed E-state index contributed by atoms with van der Waals surface area (Å²) in [6.07, 6.45) is -0.366. The predicted molar refractivity (Wildman–Crippen MR) is 128 cm³/mol. The maximum atomic E-state index is 14.5. The Balaban J connectivity index is 2.30. The first kappa shape index (κ1) is 26.7. The zero-order chi connectivity index (χ0) is 26.6. The van der Waals surface area contributed by atoms with E-state index in [2.05, 4.69) is 0 Å². The summed E-state index contributed by atoms with van der Waals surface area (Å²) in [5, 5.41) is 9.83. The van der Waals surface area contributed by atoms with Gasteiger partial charge in [-0.1, -0.05) is 18.2 Å². The molecule has 11 heteroatoms. The number of hydrogen-bond acceptors (Lipinski definition) is 6. The quantitative estimate of drug-likeness (QED) is 0.426. The topological polar surface area (TPSA) is 102 Å². The molecule has 3 aromatic rings. The van der Waals surface area contributed by atoms with Crippen LogP contribution in [0.25, 0.3) is 0 Å². The summed E-state index contributed by atoms with van der Waals surface area (Å²) in [5.41, 5.74) is -0.332. The molecule has 0 amide bonds. The van der Waals surface area contributed by atoms with Crippen molar-refractivity contribution < 1.29 is 41.3 Å². The number of halogens is 2. The van der Waals surface area contributed by atoms with E-state index in [-0.39, 0.29) is 45.4 Å². The number of sulfonamides is 1. The van der Waals surface area contributed by atoms with Crippen molar-refractivity contribution in [1.82, 2.24) is 0 Å². The first-order valence-electron chi connectivity index (χ1n) is 10.6. The lowest BCUT2D eigenvalue weighted by Gasteiger charge is -2.31. The van der Waals surface area contributed by atoms with Crippen LogP contribution in [0.4, 0.5) is 14.5 Å². The van der Waals surface area contributed by atoms with Crippen LogP contribution in [0, 0.1) is 11.6 Å². The van der Waals surface area contributed by atoms with Crippen LogP contribution < -0.4 is 18.5 Å². The first-order chi connectivity index (χ1) is 17.1. The van der Waals surface area contributed by atoms with Gasteiger partial charge in [-0.3, -0.25) is 0 Å². The second-order valence-corrected chi connectivity index (χ2v) is 9.49. The zero-order valence-electron chi connectivity index (χ0n) is 20.0. The van der Waals surface area contributed by atoms with Gasteiger partial charge in [0.25, 0.3) is 10.0 Å². The average molecular weight is 522 g/mol. The first-order valence-corrected chi connectivity index (χ1v) is 12.1. The monoisotopic (exact) mass is 521 g/mol. The maximum absolute atomic E-state index is 14.5. The van der Waals surface area contributed by atoms with Crippen molar-refractivity contribution in [1.29, 1.82) is 0 Å². The SMILES string of the molecule is COc1ccc(S(=O)(=O)N(c2c(Cc3c(F)cccc3F)cccc2OC)C(C)C(=O)O)cc1OC. The molecular weight excluding hydrogens is 496 g/mol. The van der Waals surface area contributed by atoms with Crippen LogP contribution in [0.2, 0.25) is 0 Å². The van der Waals surface area contributed by atoms with Gasteiger partial charge in [0, 0.05) is 18.1 Å². The molecule has 1 unspecified atom stereocenters. The molecule has 0 fully saturated rings. The number of carboxylic acids is 1. The second kappa shape index (κ2) is 10.8. The molecule has 0 aliphatic heterocycles. The van der Waals surface area contributed by atoms with E-state index in [4.69, 9.17) is 14.2 Å². The van der Waals surface area contributed by atoms with Crippen LogP contribution in [0.3, 0.4) is 0 Å². The third-order valence-electron chi connectivity index (χ3n) is 5.57. The lowest BCUT2D eigenvalue weighted by molar-refractivity contribution is -0.137. The number of carbonyl (C=O) groups is 1. The van der Waals surface area contributed by atoms with Gasteiger partial charge in [-0.15, -0.1) is 0 Å². The summed E-state index contributed by atoms with van der Waals surface area (Å²) >= 11 is 0. The third kappa shape index (κ3) is 5.06. The van der Waals surface area contributed by atoms with Gasteiger partial charge in [0.1, 0.15) is 23.4 Å². The molecule has 0 aliphatic carbocycles. The number of hydrogen-bond donors (Lipinski definition) is 1. The van der Waals surface area contributed by atoms with Gasteiger partial charge in [0.15, 0.2) is 11.5 Å². The summed E-state index contributed by atoms with van der Waals surface area (Å²) < 4.78 is 73.2. The minimum atomic E-state index is -4.57. The Hall–Kier alpha value is -3.86. The molecule has 0 aromatic heterocycles. The highest BCUT2D eigenvalue weighted by molar-refractivity contribution is 7.93. The normalized spacial score (nSPS) is 12.1. The fraction of sp³-hybridized carbons (Fsp3) is 0.240. The van der Waals surface area contributed by atoms with E-state index in [0.29, 0.717) is 4.31 Å². The summed E-state index contributed by atoms with van der Waals surface area (Å²) in [6, 6.07) is 9.95. The molecule has 8 nitrogen and oxygen atoms in total. The molecule has 0 saturated carbocycles. The van der Waals surface area contributed by atoms with Crippen LogP contribution >= 0.6 is 0 Å². The van der Waals surface area contributed by atoms with E-state index in [1.54, 1.807) is 0 Å². The second-order valence-electron chi connectivity index (χ2n) is 7.68. The fourth-order valence-electron chi connectivity index (χ4n) is 3.73. The van der Waals surface area contributed by atoms with Gasteiger partial charge in [-0.2, -0.15) is 0 Å². The van der Waals surface area contributed by atoms with Gasteiger partial charge < -0.3 is 19.3 Å². The van der Waals surface area contributed by atoms with E-state index in [1.165, 1.54) is 70.7 Å². The highest BCUT2D eigenvalue weighted by Crippen LogP contribution is 2.40. The van der Waals surface area contributed by atoms with Crippen LogP contribution in [-0.4, -0.2) is 46.9 Å². The molecule has 3 rings (SSSR count). The van der Waals surface area contributed by atoms with Crippen molar-refractivity contribution in [3.63, 3.8) is 0 Å². The van der Waals surface area contributed by atoms with Crippen LogP contribution in [0.15, 0.2) is 59.5 Å². The third-order valence-corrected chi connectivity index (χ3v) is 7.44. The Bertz CT molecular complexity index is 1360. The number of para-hydroxylation sites is 1. The molecule has 192 valence electrons. The van der Waals surface area contributed by atoms with Gasteiger partial charge in [0.05, 0.1) is 31.9 Å². The molecule has 0 aliphatic rings. The number of nitrogens with zero attached hydrogens (tertiary/aromatic N) is 1. The minimum Gasteiger partial charge on any atom is -0.495 e. The lowest BCUT2D eigenvalue weighted by atomic mass is 10.0. The molecule has 0 saturated heterocycles. The molecule has 1 atom stereocenters. The molecule has 1 N–H and O–H groups in total. The van der Waals surface area contributed by atoms with Crippen molar-refractivity contribution in [2.24, 2.45) is 0 Å². The Morgan fingerprint density at radius 3 is 2.06 bits per heavy atom. The highest BCUT2D eigenvalue weighted by atomic mass is 32.2. The summed E-state index contributed by atoms with van der Waals surface area (Å²) in [7, 11) is -0.588. The minimum absolute atomic E-state index is 0.00130. The van der Waals surface area contributed by atoms with Crippen molar-refractivity contribution in [3.05, 3.63) is 77.4 Å². The molecule has 3 aromatic carbocycles. The number of anilines is 1. The van der Waals surface area contributed by atoms with Gasteiger partial charge in [-0.05, 0) is 42.8 Å². The molecule has 36 heavy (non-hydrogen) atoms. The Morgan fingerprint density at radius 1 is 0.917 bits per heavy atom. The molecule has 0 bridgehead atoms. The highest BCUT2D eigenvalue weighted by Gasteiger charge is 2.37. The van der Waals surface area contributed by atoms with E-state index >= 15 is 0 Å². The Kier molecular flexibility index (Phi) is 8.03. The van der Waals surface area contributed by atoms with Gasteiger partial charge in [-0.25, -0.2) is 26.3 Å². The van der Waals surface area contributed by atoms with E-state index in [9.17, 15) is 27.1 Å². The number of carboxylic acid groups (broad SMARTS) is 1.